The Morgan fingerprint density at radius 3 is 2.30 bits per heavy atom. The Hall–Kier alpha value is -1.87. The first-order chi connectivity index (χ1) is 9.86. The Labute approximate surface area is 120 Å². The van der Waals surface area contributed by atoms with Crippen LogP contribution in [0.5, 0.6) is 0 Å². The monoisotopic (exact) mass is 267 g/mol. The molecule has 1 N–H and O–H groups in total. The smallest absolute Gasteiger partial charge is 0.128 e. The number of aryl methyl sites for hydroxylation is 1. The van der Waals surface area contributed by atoms with Crippen molar-refractivity contribution in [2.45, 2.75) is 13.3 Å². The predicted molar refractivity (Wildman–Crippen MR) is 84.1 cm³/mol. The van der Waals surface area contributed by atoms with Crippen LogP contribution < -0.4 is 10.2 Å². The molecule has 0 aliphatic carbocycles. The summed E-state index contributed by atoms with van der Waals surface area (Å²) in [6.45, 7) is 6.34. The van der Waals surface area contributed by atoms with Crippen LogP contribution >= 0.6 is 0 Å². The molecule has 0 unspecified atom stereocenters. The minimum Gasteiger partial charge on any atom is -0.354 e. The van der Waals surface area contributed by atoms with Gasteiger partial charge in [0.2, 0.25) is 0 Å². The molecular weight excluding hydrogens is 246 g/mol. The van der Waals surface area contributed by atoms with Gasteiger partial charge in [0.25, 0.3) is 0 Å². The molecule has 0 saturated carbocycles. The quantitative estimate of drug-likeness (QED) is 0.927. The van der Waals surface area contributed by atoms with E-state index in [9.17, 15) is 0 Å². The highest BCUT2D eigenvalue weighted by molar-refractivity contribution is 5.64. The van der Waals surface area contributed by atoms with Gasteiger partial charge in [-0.05, 0) is 29.7 Å². The molecule has 3 nitrogen and oxygen atoms in total. The van der Waals surface area contributed by atoms with Crippen LogP contribution in [0.25, 0.3) is 11.1 Å². The molecule has 1 aliphatic rings. The van der Waals surface area contributed by atoms with Crippen molar-refractivity contribution in [1.82, 2.24) is 10.3 Å². The lowest BCUT2D eigenvalue weighted by molar-refractivity contribution is 0.585. The van der Waals surface area contributed by atoms with Gasteiger partial charge in [-0.15, -0.1) is 0 Å². The van der Waals surface area contributed by atoms with Crippen LogP contribution in [-0.2, 0) is 6.42 Å². The van der Waals surface area contributed by atoms with Gasteiger partial charge in [0.1, 0.15) is 5.82 Å². The first kappa shape index (κ1) is 13.1. The average Bonchev–Trinajstić information content (AvgIpc) is 2.56. The molecule has 0 atom stereocenters. The van der Waals surface area contributed by atoms with Gasteiger partial charge in [-0.1, -0.05) is 31.2 Å². The summed E-state index contributed by atoms with van der Waals surface area (Å²) in [4.78, 5) is 6.95. The summed E-state index contributed by atoms with van der Waals surface area (Å²) in [6.07, 6.45) is 3.07. The standard InChI is InChI=1S/C17H21N3/c1-2-14-3-5-15(6-4-14)16-7-8-17(19-13-16)20-11-9-18-10-12-20/h3-8,13,18H,2,9-12H2,1H3. The summed E-state index contributed by atoms with van der Waals surface area (Å²) in [5.74, 6) is 1.08. The SMILES string of the molecule is CCc1ccc(-c2ccc(N3CCNCC3)nc2)cc1. The number of hydrogen-bond donors (Lipinski definition) is 1. The van der Waals surface area contributed by atoms with E-state index in [0.717, 1.165) is 38.4 Å². The molecule has 2 heterocycles. The summed E-state index contributed by atoms with van der Waals surface area (Å²) in [6, 6.07) is 13.1. The number of rotatable bonds is 3. The van der Waals surface area contributed by atoms with E-state index in [2.05, 4.69) is 58.5 Å². The molecule has 3 rings (SSSR count). The van der Waals surface area contributed by atoms with Gasteiger partial charge in [-0.3, -0.25) is 0 Å². The third-order valence-corrected chi connectivity index (χ3v) is 3.88. The number of piperazine rings is 1. The highest BCUT2D eigenvalue weighted by atomic mass is 15.2. The molecule has 1 fully saturated rings. The Morgan fingerprint density at radius 1 is 1.00 bits per heavy atom. The first-order valence-electron chi connectivity index (χ1n) is 7.38. The molecule has 2 aromatic rings. The van der Waals surface area contributed by atoms with E-state index in [1.807, 2.05) is 6.20 Å². The molecule has 1 aliphatic heterocycles. The summed E-state index contributed by atoms with van der Waals surface area (Å²) in [5, 5.41) is 3.36. The molecule has 0 radical (unpaired) electrons. The van der Waals surface area contributed by atoms with Gasteiger partial charge in [0, 0.05) is 37.9 Å². The molecule has 1 saturated heterocycles. The molecular formula is C17H21N3. The summed E-state index contributed by atoms with van der Waals surface area (Å²) >= 11 is 0. The van der Waals surface area contributed by atoms with Crippen molar-refractivity contribution >= 4 is 5.82 Å². The fourth-order valence-electron chi connectivity index (χ4n) is 2.57. The van der Waals surface area contributed by atoms with Crippen LogP contribution in [-0.4, -0.2) is 31.2 Å². The average molecular weight is 267 g/mol. The number of pyridine rings is 1. The van der Waals surface area contributed by atoms with Crippen molar-refractivity contribution in [3.63, 3.8) is 0 Å². The lowest BCUT2D eigenvalue weighted by atomic mass is 10.0. The summed E-state index contributed by atoms with van der Waals surface area (Å²) in [7, 11) is 0. The molecule has 20 heavy (non-hydrogen) atoms. The largest absolute Gasteiger partial charge is 0.354 e. The fraction of sp³-hybridized carbons (Fsp3) is 0.353. The van der Waals surface area contributed by atoms with E-state index in [-0.39, 0.29) is 0 Å². The first-order valence-corrected chi connectivity index (χ1v) is 7.38. The maximum Gasteiger partial charge on any atom is 0.128 e. The van der Waals surface area contributed by atoms with Crippen LogP contribution in [0.2, 0.25) is 0 Å². The van der Waals surface area contributed by atoms with Crippen molar-refractivity contribution in [3.8, 4) is 11.1 Å². The highest BCUT2D eigenvalue weighted by Crippen LogP contribution is 2.21. The zero-order chi connectivity index (χ0) is 13.8. The number of aromatic nitrogens is 1. The van der Waals surface area contributed by atoms with Crippen molar-refractivity contribution in [2.75, 3.05) is 31.1 Å². The van der Waals surface area contributed by atoms with Crippen LogP contribution in [0, 0.1) is 0 Å². The maximum absolute atomic E-state index is 4.62. The molecule has 1 aromatic carbocycles. The number of hydrogen-bond acceptors (Lipinski definition) is 3. The third kappa shape index (κ3) is 2.83. The number of nitrogens with one attached hydrogen (secondary N) is 1. The van der Waals surface area contributed by atoms with Crippen LogP contribution in [0.1, 0.15) is 12.5 Å². The second-order valence-electron chi connectivity index (χ2n) is 5.19. The Kier molecular flexibility index (Phi) is 3.97. The third-order valence-electron chi connectivity index (χ3n) is 3.88. The maximum atomic E-state index is 4.62. The van der Waals surface area contributed by atoms with Crippen molar-refractivity contribution in [2.24, 2.45) is 0 Å². The van der Waals surface area contributed by atoms with Crippen LogP contribution in [0.4, 0.5) is 5.82 Å². The van der Waals surface area contributed by atoms with E-state index in [0.29, 0.717) is 0 Å². The van der Waals surface area contributed by atoms with E-state index in [4.69, 9.17) is 0 Å². The molecule has 0 amide bonds. The number of nitrogens with zero attached hydrogens (tertiary/aromatic N) is 2. The zero-order valence-corrected chi connectivity index (χ0v) is 12.0. The lowest BCUT2D eigenvalue weighted by Gasteiger charge is -2.28. The molecule has 0 bridgehead atoms. The fourth-order valence-corrected chi connectivity index (χ4v) is 2.57. The predicted octanol–water partition coefficient (Wildman–Crippen LogP) is 2.72. The minimum atomic E-state index is 1.04. The van der Waals surface area contributed by atoms with Crippen LogP contribution in [0.15, 0.2) is 42.6 Å². The van der Waals surface area contributed by atoms with Gasteiger partial charge >= 0.3 is 0 Å². The molecule has 104 valence electrons. The van der Waals surface area contributed by atoms with E-state index < -0.39 is 0 Å². The lowest BCUT2D eigenvalue weighted by Crippen LogP contribution is -2.43. The molecule has 0 spiro atoms. The normalized spacial score (nSPS) is 15.3. The highest BCUT2D eigenvalue weighted by Gasteiger charge is 2.11. The van der Waals surface area contributed by atoms with Crippen LogP contribution in [0.3, 0.4) is 0 Å². The summed E-state index contributed by atoms with van der Waals surface area (Å²) in [5.41, 5.74) is 3.80. The number of anilines is 1. The van der Waals surface area contributed by atoms with Crippen molar-refractivity contribution in [1.29, 1.82) is 0 Å². The zero-order valence-electron chi connectivity index (χ0n) is 12.0. The Morgan fingerprint density at radius 2 is 1.70 bits per heavy atom. The van der Waals surface area contributed by atoms with Crippen molar-refractivity contribution < 1.29 is 0 Å². The Balaban J connectivity index is 1.77. The molecule has 1 aromatic heterocycles. The van der Waals surface area contributed by atoms with Gasteiger partial charge in [0.05, 0.1) is 0 Å². The Bertz CT molecular complexity index is 539. The van der Waals surface area contributed by atoms with Gasteiger partial charge in [-0.25, -0.2) is 4.98 Å². The second-order valence-corrected chi connectivity index (χ2v) is 5.19. The minimum absolute atomic E-state index is 1.04. The van der Waals surface area contributed by atoms with E-state index >= 15 is 0 Å². The van der Waals surface area contributed by atoms with Gasteiger partial charge < -0.3 is 10.2 Å². The van der Waals surface area contributed by atoms with E-state index in [1.165, 1.54) is 16.7 Å². The van der Waals surface area contributed by atoms with Crippen molar-refractivity contribution in [3.05, 3.63) is 48.2 Å². The van der Waals surface area contributed by atoms with Gasteiger partial charge in [-0.2, -0.15) is 0 Å². The summed E-state index contributed by atoms with van der Waals surface area (Å²) < 4.78 is 0. The van der Waals surface area contributed by atoms with Gasteiger partial charge in [0.15, 0.2) is 0 Å². The molecule has 3 heteroatoms. The topological polar surface area (TPSA) is 28.2 Å². The number of benzene rings is 1. The second kappa shape index (κ2) is 6.06. The van der Waals surface area contributed by atoms with E-state index in [1.54, 1.807) is 0 Å².